The fraction of sp³-hybridized carbons (Fsp3) is 0.353. The first kappa shape index (κ1) is 15.7. The third kappa shape index (κ3) is 3.27. The summed E-state index contributed by atoms with van der Waals surface area (Å²) in [7, 11) is 0. The molecule has 0 aliphatic carbocycles. The monoisotopic (exact) mass is 320 g/mol. The third-order valence-corrected chi connectivity index (χ3v) is 3.93. The van der Waals surface area contributed by atoms with Crippen molar-refractivity contribution in [3.63, 3.8) is 0 Å². The molecule has 2 heterocycles. The Morgan fingerprint density at radius 1 is 1.30 bits per heavy atom. The number of rotatable bonds is 3. The highest BCUT2D eigenvalue weighted by molar-refractivity contribution is 5.98. The van der Waals surface area contributed by atoms with Crippen molar-refractivity contribution in [1.29, 1.82) is 0 Å². The van der Waals surface area contributed by atoms with E-state index in [4.69, 9.17) is 4.74 Å². The molecule has 0 bridgehead atoms. The highest BCUT2D eigenvalue weighted by atomic mass is 19.3. The zero-order valence-electron chi connectivity index (χ0n) is 12.8. The number of hydrogen-bond donors (Lipinski definition) is 0. The second kappa shape index (κ2) is 6.50. The predicted molar refractivity (Wildman–Crippen MR) is 82.2 cm³/mol. The van der Waals surface area contributed by atoms with E-state index in [1.54, 1.807) is 6.07 Å². The second-order valence-electron chi connectivity index (χ2n) is 5.61. The molecule has 0 radical (unpaired) electrons. The van der Waals surface area contributed by atoms with Crippen LogP contribution in [0.4, 0.5) is 8.78 Å². The van der Waals surface area contributed by atoms with Crippen molar-refractivity contribution in [2.45, 2.75) is 19.5 Å². The fourth-order valence-corrected chi connectivity index (χ4v) is 2.72. The summed E-state index contributed by atoms with van der Waals surface area (Å²) in [6.07, 6.45) is -0.106. The molecule has 1 aliphatic rings. The van der Waals surface area contributed by atoms with Crippen LogP contribution in [0.3, 0.4) is 0 Å². The Bertz CT molecular complexity index is 686. The molecule has 1 atom stereocenters. The topological polar surface area (TPSA) is 34.5 Å². The Morgan fingerprint density at radius 2 is 2.04 bits per heavy atom. The van der Waals surface area contributed by atoms with Gasteiger partial charge in [0.1, 0.15) is 6.10 Å². The summed E-state index contributed by atoms with van der Waals surface area (Å²) in [5, 5.41) is 0. The van der Waals surface area contributed by atoms with Crippen LogP contribution < -0.4 is 0 Å². The molecule has 1 aliphatic heterocycles. The Kier molecular flexibility index (Phi) is 4.43. The van der Waals surface area contributed by atoms with Crippen LogP contribution in [0.1, 0.15) is 15.9 Å². The van der Waals surface area contributed by atoms with Gasteiger partial charge in [-0.3, -0.25) is 4.79 Å². The molecule has 3 rings (SSSR count). The standard InChI is InChI=1S/C17H18F2N2O2/c1-12-4-5-14(20-6-2-3-7-20)13(10-12)17(22)21-8-9-23-15(11-21)16(18)19/h2-7,10,15-16H,8-9,11H2,1H3. The maximum atomic E-state index is 12.9. The van der Waals surface area contributed by atoms with Crippen LogP contribution in [0.2, 0.25) is 0 Å². The van der Waals surface area contributed by atoms with Gasteiger partial charge in [-0.05, 0) is 31.2 Å². The summed E-state index contributed by atoms with van der Waals surface area (Å²) in [6, 6.07) is 9.33. The van der Waals surface area contributed by atoms with Crippen LogP contribution in [0.15, 0.2) is 42.7 Å². The molecular weight excluding hydrogens is 302 g/mol. The smallest absolute Gasteiger partial charge is 0.266 e. The summed E-state index contributed by atoms with van der Waals surface area (Å²) in [5.41, 5.74) is 2.20. The van der Waals surface area contributed by atoms with E-state index < -0.39 is 12.5 Å². The summed E-state index contributed by atoms with van der Waals surface area (Å²) in [5.74, 6) is -0.244. The van der Waals surface area contributed by atoms with Gasteiger partial charge in [0.15, 0.2) is 0 Å². The van der Waals surface area contributed by atoms with Gasteiger partial charge in [0, 0.05) is 18.9 Å². The number of morpholine rings is 1. The molecule has 1 aromatic heterocycles. The van der Waals surface area contributed by atoms with Crippen molar-refractivity contribution in [2.75, 3.05) is 19.7 Å². The van der Waals surface area contributed by atoms with E-state index in [0.29, 0.717) is 12.1 Å². The second-order valence-corrected chi connectivity index (χ2v) is 5.61. The van der Waals surface area contributed by atoms with Gasteiger partial charge in [0.25, 0.3) is 12.3 Å². The lowest BCUT2D eigenvalue weighted by atomic mass is 10.1. The molecule has 6 heteroatoms. The lowest BCUT2D eigenvalue weighted by molar-refractivity contribution is -0.0942. The number of nitrogens with zero attached hydrogens (tertiary/aromatic N) is 2. The van der Waals surface area contributed by atoms with Gasteiger partial charge >= 0.3 is 0 Å². The molecule has 4 nitrogen and oxygen atoms in total. The van der Waals surface area contributed by atoms with Gasteiger partial charge in [-0.1, -0.05) is 11.6 Å². The molecule has 2 aromatic rings. The maximum Gasteiger partial charge on any atom is 0.266 e. The molecule has 0 saturated carbocycles. The van der Waals surface area contributed by atoms with Gasteiger partial charge in [-0.25, -0.2) is 8.78 Å². The number of aryl methyl sites for hydroxylation is 1. The molecule has 0 N–H and O–H groups in total. The van der Waals surface area contributed by atoms with E-state index >= 15 is 0 Å². The van der Waals surface area contributed by atoms with E-state index in [-0.39, 0.29) is 19.1 Å². The van der Waals surface area contributed by atoms with Crippen LogP contribution in [-0.4, -0.2) is 47.6 Å². The first-order valence-corrected chi connectivity index (χ1v) is 7.49. The van der Waals surface area contributed by atoms with Crippen molar-refractivity contribution in [3.05, 3.63) is 53.9 Å². The summed E-state index contributed by atoms with van der Waals surface area (Å²) in [6.45, 7) is 2.26. The Hall–Kier alpha value is -2.21. The molecule has 1 saturated heterocycles. The van der Waals surface area contributed by atoms with Crippen LogP contribution in [0.25, 0.3) is 5.69 Å². The number of halogens is 2. The van der Waals surface area contributed by atoms with Crippen LogP contribution in [0, 0.1) is 6.92 Å². The van der Waals surface area contributed by atoms with E-state index in [0.717, 1.165) is 11.3 Å². The number of carbonyl (C=O) groups is 1. The fourth-order valence-electron chi connectivity index (χ4n) is 2.72. The number of ether oxygens (including phenoxy) is 1. The summed E-state index contributed by atoms with van der Waals surface area (Å²) >= 11 is 0. The first-order valence-electron chi connectivity index (χ1n) is 7.49. The highest BCUT2D eigenvalue weighted by Gasteiger charge is 2.31. The van der Waals surface area contributed by atoms with E-state index in [1.165, 1.54) is 4.90 Å². The van der Waals surface area contributed by atoms with Crippen molar-refractivity contribution < 1.29 is 18.3 Å². The SMILES string of the molecule is Cc1ccc(-n2cccc2)c(C(=O)N2CCOC(C(F)F)C2)c1. The minimum Gasteiger partial charge on any atom is -0.369 e. The summed E-state index contributed by atoms with van der Waals surface area (Å²) in [4.78, 5) is 14.3. The van der Waals surface area contributed by atoms with E-state index in [9.17, 15) is 13.6 Å². The number of benzene rings is 1. The molecule has 1 fully saturated rings. The minimum atomic E-state index is -2.59. The number of carbonyl (C=O) groups excluding carboxylic acids is 1. The third-order valence-electron chi connectivity index (χ3n) is 3.93. The van der Waals surface area contributed by atoms with E-state index in [2.05, 4.69) is 0 Å². The van der Waals surface area contributed by atoms with Crippen LogP contribution in [0.5, 0.6) is 0 Å². The Labute approximate surface area is 133 Å². The van der Waals surface area contributed by atoms with Gasteiger partial charge in [0.2, 0.25) is 0 Å². The average Bonchev–Trinajstić information content (AvgIpc) is 3.08. The Morgan fingerprint density at radius 3 is 2.74 bits per heavy atom. The quantitative estimate of drug-likeness (QED) is 0.871. The lowest BCUT2D eigenvalue weighted by Gasteiger charge is -2.33. The number of hydrogen-bond acceptors (Lipinski definition) is 2. The lowest BCUT2D eigenvalue weighted by Crippen LogP contribution is -2.48. The van der Waals surface area contributed by atoms with Gasteiger partial charge in [-0.15, -0.1) is 0 Å². The van der Waals surface area contributed by atoms with Crippen molar-refractivity contribution in [2.24, 2.45) is 0 Å². The van der Waals surface area contributed by atoms with Crippen LogP contribution >= 0.6 is 0 Å². The van der Waals surface area contributed by atoms with Crippen molar-refractivity contribution in [3.8, 4) is 5.69 Å². The number of aromatic nitrogens is 1. The first-order chi connectivity index (χ1) is 11.1. The highest BCUT2D eigenvalue weighted by Crippen LogP contribution is 2.21. The molecular formula is C17H18F2N2O2. The van der Waals surface area contributed by atoms with Crippen molar-refractivity contribution in [1.82, 2.24) is 9.47 Å². The maximum absolute atomic E-state index is 12.9. The van der Waals surface area contributed by atoms with Crippen LogP contribution in [-0.2, 0) is 4.74 Å². The van der Waals surface area contributed by atoms with Crippen molar-refractivity contribution >= 4 is 5.91 Å². The molecule has 1 aromatic carbocycles. The largest absolute Gasteiger partial charge is 0.369 e. The van der Waals surface area contributed by atoms with Gasteiger partial charge < -0.3 is 14.2 Å². The normalized spacial score (nSPS) is 18.4. The molecule has 1 amide bonds. The predicted octanol–water partition coefficient (Wildman–Crippen LogP) is 2.89. The molecule has 1 unspecified atom stereocenters. The number of alkyl halides is 2. The molecule has 23 heavy (non-hydrogen) atoms. The van der Waals surface area contributed by atoms with E-state index in [1.807, 2.05) is 48.1 Å². The van der Waals surface area contributed by atoms with Gasteiger partial charge in [0.05, 0.1) is 24.4 Å². The number of amides is 1. The summed E-state index contributed by atoms with van der Waals surface area (Å²) < 4.78 is 32.6. The zero-order valence-corrected chi connectivity index (χ0v) is 12.8. The molecule has 122 valence electrons. The minimum absolute atomic E-state index is 0.0877. The molecule has 0 spiro atoms. The zero-order chi connectivity index (χ0) is 16.4. The Balaban J connectivity index is 1.91. The van der Waals surface area contributed by atoms with Gasteiger partial charge in [-0.2, -0.15) is 0 Å². The average molecular weight is 320 g/mol.